The summed E-state index contributed by atoms with van der Waals surface area (Å²) < 4.78 is 0. The van der Waals surface area contributed by atoms with Crippen LogP contribution >= 0.6 is 0 Å². The Hall–Kier alpha value is -1.57. The van der Waals surface area contributed by atoms with E-state index in [-0.39, 0.29) is 0 Å². The molecule has 0 saturated carbocycles. The lowest BCUT2D eigenvalue weighted by molar-refractivity contribution is 0.284. The Morgan fingerprint density at radius 3 is 1.38 bits per heavy atom. The number of aliphatic imine (C=N–C) groups is 2. The molecule has 0 fully saturated rings. The summed E-state index contributed by atoms with van der Waals surface area (Å²) in [7, 11) is 0. The summed E-state index contributed by atoms with van der Waals surface area (Å²) in [5.74, 6) is 1.14. The van der Waals surface area contributed by atoms with Crippen molar-refractivity contribution in [2.45, 2.75) is 168 Å². The van der Waals surface area contributed by atoms with Gasteiger partial charge in [-0.1, -0.05) is 189 Å². The van der Waals surface area contributed by atoms with Gasteiger partial charge in [-0.15, -0.1) is 0 Å². The molecule has 2 heteroatoms. The van der Waals surface area contributed by atoms with Crippen LogP contribution in [0.4, 0.5) is 0 Å². The first-order valence-electron chi connectivity index (χ1n) is 17.3. The molecule has 2 unspecified atom stereocenters. The van der Waals surface area contributed by atoms with Gasteiger partial charge < -0.3 is 0 Å². The normalized spacial score (nSPS) is 14.4. The van der Waals surface area contributed by atoms with E-state index >= 15 is 0 Å². The van der Waals surface area contributed by atoms with E-state index in [1.807, 2.05) is 12.4 Å². The number of hydrogen-bond acceptors (Lipinski definition) is 2. The highest BCUT2D eigenvalue weighted by Gasteiger charge is 2.35. The molecule has 220 valence electrons. The van der Waals surface area contributed by atoms with Gasteiger partial charge >= 0.3 is 0 Å². The molecule has 39 heavy (non-hydrogen) atoms. The first kappa shape index (κ1) is 33.6. The maximum Gasteiger partial charge on any atom is 0.244 e. The van der Waals surface area contributed by atoms with Gasteiger partial charge in [0.15, 0.2) is 12.4 Å². The molecule has 1 aliphatic heterocycles. The molecule has 1 aromatic carbocycles. The van der Waals surface area contributed by atoms with Crippen LogP contribution in [-0.2, 0) is 6.42 Å². The number of rotatable bonds is 27. The van der Waals surface area contributed by atoms with Gasteiger partial charge in [-0.2, -0.15) is 0 Å². The van der Waals surface area contributed by atoms with Gasteiger partial charge in [-0.25, -0.2) is 0 Å². The number of unbranched alkanes of at least 4 members (excludes halogenated alkanes) is 19. The SMILES string of the molecule is CCCCCCCCCCCCCC(Cc1ccccc1)C(CCCCCCCCCCCC)[C+]1N=CC=N1. The Labute approximate surface area is 244 Å². The van der Waals surface area contributed by atoms with Crippen molar-refractivity contribution in [3.05, 3.63) is 42.1 Å². The Kier molecular flexibility index (Phi) is 20.9. The fourth-order valence-electron chi connectivity index (χ4n) is 6.30. The third-order valence-electron chi connectivity index (χ3n) is 8.77. The zero-order chi connectivity index (χ0) is 27.6. The van der Waals surface area contributed by atoms with Gasteiger partial charge in [0.05, 0.1) is 5.92 Å². The highest BCUT2D eigenvalue weighted by atomic mass is 15.0. The van der Waals surface area contributed by atoms with Crippen LogP contribution < -0.4 is 0 Å². The highest BCUT2D eigenvalue weighted by Crippen LogP contribution is 2.37. The molecule has 2 rings (SSSR count). The monoisotopic (exact) mass is 535 g/mol. The van der Waals surface area contributed by atoms with Gasteiger partial charge in [0.2, 0.25) is 6.17 Å². The van der Waals surface area contributed by atoms with Crippen molar-refractivity contribution in [1.29, 1.82) is 0 Å². The number of nitrogens with zero attached hydrogens (tertiary/aromatic N) is 2. The van der Waals surface area contributed by atoms with Crippen molar-refractivity contribution in [3.63, 3.8) is 0 Å². The zero-order valence-electron chi connectivity index (χ0n) is 26.1. The van der Waals surface area contributed by atoms with E-state index in [1.165, 1.54) is 153 Å². The molecular weight excluding hydrogens is 472 g/mol. The molecule has 0 radical (unpaired) electrons. The maximum atomic E-state index is 4.74. The van der Waals surface area contributed by atoms with Crippen LogP contribution in [0.25, 0.3) is 0 Å². The molecule has 0 aliphatic carbocycles. The second kappa shape index (κ2) is 24.2. The van der Waals surface area contributed by atoms with Crippen molar-refractivity contribution in [2.24, 2.45) is 21.8 Å². The predicted octanol–water partition coefficient (Wildman–Crippen LogP) is 12.1. The summed E-state index contributed by atoms with van der Waals surface area (Å²) >= 11 is 0. The molecule has 0 saturated heterocycles. The Bertz CT molecular complexity index is 697. The van der Waals surface area contributed by atoms with E-state index in [1.54, 1.807) is 0 Å². The summed E-state index contributed by atoms with van der Waals surface area (Å²) in [6, 6.07) is 11.2. The molecule has 0 spiro atoms. The molecule has 1 aliphatic rings. The third kappa shape index (κ3) is 17.0. The second-order valence-electron chi connectivity index (χ2n) is 12.3. The topological polar surface area (TPSA) is 24.7 Å². The first-order chi connectivity index (χ1) is 19.3. The molecule has 0 aromatic heterocycles. The number of hydrogen-bond donors (Lipinski definition) is 0. The van der Waals surface area contributed by atoms with Crippen molar-refractivity contribution in [1.82, 2.24) is 0 Å². The molecule has 1 aromatic rings. The smallest absolute Gasteiger partial charge is 0.0965 e. The van der Waals surface area contributed by atoms with E-state index in [4.69, 9.17) is 9.98 Å². The third-order valence-corrected chi connectivity index (χ3v) is 8.77. The Morgan fingerprint density at radius 2 is 0.923 bits per heavy atom. The molecule has 0 bridgehead atoms. The van der Waals surface area contributed by atoms with Crippen LogP contribution in [-0.4, -0.2) is 12.4 Å². The van der Waals surface area contributed by atoms with E-state index in [2.05, 4.69) is 44.2 Å². The molecule has 0 N–H and O–H groups in total. The molecule has 2 atom stereocenters. The largest absolute Gasteiger partial charge is 0.244 e. The average Bonchev–Trinajstić information content (AvgIpc) is 3.49. The first-order valence-corrected chi connectivity index (χ1v) is 17.3. The minimum atomic E-state index is 0.498. The lowest BCUT2D eigenvalue weighted by atomic mass is 9.78. The Morgan fingerprint density at radius 1 is 0.513 bits per heavy atom. The molecular formula is C37H63N2+. The number of benzene rings is 1. The zero-order valence-corrected chi connectivity index (χ0v) is 26.1. The second-order valence-corrected chi connectivity index (χ2v) is 12.3. The van der Waals surface area contributed by atoms with Crippen LogP contribution in [0.15, 0.2) is 40.3 Å². The van der Waals surface area contributed by atoms with E-state index in [0.29, 0.717) is 11.8 Å². The molecule has 0 amide bonds. The van der Waals surface area contributed by atoms with Gasteiger partial charge in [0.1, 0.15) is 0 Å². The van der Waals surface area contributed by atoms with Crippen LogP contribution in [0, 0.1) is 18.0 Å². The van der Waals surface area contributed by atoms with E-state index in [0.717, 1.165) is 12.6 Å². The lowest BCUT2D eigenvalue weighted by Crippen LogP contribution is -2.22. The minimum Gasteiger partial charge on any atom is -0.0965 e. The van der Waals surface area contributed by atoms with Crippen LogP contribution in [0.2, 0.25) is 0 Å². The lowest BCUT2D eigenvalue weighted by Gasteiger charge is -2.26. The van der Waals surface area contributed by atoms with Gasteiger partial charge in [-0.05, 0) is 30.7 Å². The summed E-state index contributed by atoms with van der Waals surface area (Å²) in [6.45, 7) is 4.60. The van der Waals surface area contributed by atoms with E-state index in [9.17, 15) is 0 Å². The molecule has 1 heterocycles. The molecule has 2 nitrogen and oxygen atoms in total. The average molecular weight is 536 g/mol. The van der Waals surface area contributed by atoms with Gasteiger partial charge in [0, 0.05) is 0 Å². The van der Waals surface area contributed by atoms with Crippen molar-refractivity contribution in [2.75, 3.05) is 0 Å². The fraction of sp³-hybridized carbons (Fsp3) is 0.757. The van der Waals surface area contributed by atoms with Gasteiger partial charge in [0.25, 0.3) is 0 Å². The van der Waals surface area contributed by atoms with Crippen LogP contribution in [0.3, 0.4) is 0 Å². The summed E-state index contributed by atoms with van der Waals surface area (Å²) in [5, 5.41) is 0. The quantitative estimate of drug-likeness (QED) is 0.0790. The standard InChI is InChI=1S/C37H63N2/c1-3-5-7-9-11-13-15-16-18-20-25-29-35(33-34-27-23-22-24-28-34)36(37-38-31-32-39-37)30-26-21-19-17-14-12-10-8-6-4-2/h22-24,27-28,31-32,35-36H,3-21,25-26,29-30,33H2,1-2H3/q+1. The Balaban J connectivity index is 1.75. The summed E-state index contributed by atoms with van der Waals surface area (Å²) in [6.07, 6.45) is 38.1. The summed E-state index contributed by atoms with van der Waals surface area (Å²) in [4.78, 5) is 9.47. The predicted molar refractivity (Wildman–Crippen MR) is 175 cm³/mol. The van der Waals surface area contributed by atoms with Crippen molar-refractivity contribution in [3.8, 4) is 0 Å². The maximum absolute atomic E-state index is 4.74. The van der Waals surface area contributed by atoms with Crippen LogP contribution in [0.5, 0.6) is 0 Å². The van der Waals surface area contributed by atoms with Crippen molar-refractivity contribution < 1.29 is 0 Å². The van der Waals surface area contributed by atoms with Crippen LogP contribution in [0.1, 0.15) is 167 Å². The minimum absolute atomic E-state index is 0.498. The summed E-state index contributed by atoms with van der Waals surface area (Å²) in [5.41, 5.74) is 1.48. The fourth-order valence-corrected chi connectivity index (χ4v) is 6.30. The highest BCUT2D eigenvalue weighted by molar-refractivity contribution is 6.18. The van der Waals surface area contributed by atoms with E-state index < -0.39 is 0 Å². The van der Waals surface area contributed by atoms with Crippen molar-refractivity contribution >= 4 is 12.4 Å². The van der Waals surface area contributed by atoms with Gasteiger partial charge in [-0.3, -0.25) is 0 Å².